The van der Waals surface area contributed by atoms with E-state index in [9.17, 15) is 4.79 Å². The lowest BCUT2D eigenvalue weighted by Crippen LogP contribution is -2.25. The number of carbonyl (C=O) groups excluding carboxylic acids is 1. The molecule has 6 heteroatoms. The van der Waals surface area contributed by atoms with Crippen molar-refractivity contribution in [3.8, 4) is 0 Å². The fraction of sp³-hybridized carbons (Fsp3) is 0.818. The van der Waals surface area contributed by atoms with Crippen molar-refractivity contribution in [1.29, 1.82) is 0 Å². The second kappa shape index (κ2) is 11.2. The van der Waals surface area contributed by atoms with E-state index in [-0.39, 0.29) is 11.7 Å². The maximum Gasteiger partial charge on any atom is 0.222 e. The topological polar surface area (TPSA) is 96.9 Å². The van der Waals surface area contributed by atoms with E-state index in [0.717, 1.165) is 19.3 Å². The number of amides is 1. The Morgan fingerprint density at radius 2 is 2.12 bits per heavy atom. The minimum absolute atomic E-state index is 0.00454. The molecule has 0 aromatic heterocycles. The Bertz CT molecular complexity index is 232. The van der Waals surface area contributed by atoms with E-state index < -0.39 is 0 Å². The highest BCUT2D eigenvalue weighted by atomic mass is 16.5. The molecule has 0 fully saturated rings. The second-order valence-electron chi connectivity index (χ2n) is 3.76. The fourth-order valence-electron chi connectivity index (χ4n) is 1.21. The molecular weight excluding hydrogens is 222 g/mol. The average Bonchev–Trinajstić information content (AvgIpc) is 2.34. The molecule has 17 heavy (non-hydrogen) atoms. The van der Waals surface area contributed by atoms with E-state index in [2.05, 4.69) is 10.5 Å². The van der Waals surface area contributed by atoms with Gasteiger partial charge in [0, 0.05) is 26.0 Å². The number of oxime groups is 1. The van der Waals surface area contributed by atoms with Gasteiger partial charge in [-0.15, -0.1) is 0 Å². The quantitative estimate of drug-likeness (QED) is 0.175. The van der Waals surface area contributed by atoms with Gasteiger partial charge in [-0.05, 0) is 19.3 Å². The van der Waals surface area contributed by atoms with Gasteiger partial charge < -0.3 is 21.0 Å². The van der Waals surface area contributed by atoms with E-state index in [0.29, 0.717) is 32.6 Å². The summed E-state index contributed by atoms with van der Waals surface area (Å²) < 4.78 is 5.21. The van der Waals surface area contributed by atoms with Crippen LogP contribution < -0.4 is 11.1 Å². The maximum atomic E-state index is 11.3. The first-order valence-corrected chi connectivity index (χ1v) is 6.01. The van der Waals surface area contributed by atoms with Gasteiger partial charge in [0.05, 0.1) is 6.61 Å². The third-order valence-electron chi connectivity index (χ3n) is 2.13. The van der Waals surface area contributed by atoms with Crippen LogP contribution >= 0.6 is 0 Å². The maximum absolute atomic E-state index is 11.3. The van der Waals surface area contributed by atoms with E-state index in [1.54, 1.807) is 0 Å². The van der Waals surface area contributed by atoms with Crippen LogP contribution in [0.2, 0.25) is 0 Å². The highest BCUT2D eigenvalue weighted by molar-refractivity contribution is 5.79. The molecule has 0 heterocycles. The number of nitrogens with zero attached hydrogens (tertiary/aromatic N) is 1. The summed E-state index contributed by atoms with van der Waals surface area (Å²) in [6, 6.07) is 0. The lowest BCUT2D eigenvalue weighted by molar-refractivity contribution is -0.122. The van der Waals surface area contributed by atoms with Crippen molar-refractivity contribution in [2.45, 2.75) is 39.0 Å². The second-order valence-corrected chi connectivity index (χ2v) is 3.76. The Morgan fingerprint density at radius 1 is 1.35 bits per heavy atom. The molecule has 1 amide bonds. The molecule has 0 radical (unpaired) electrons. The van der Waals surface area contributed by atoms with Crippen molar-refractivity contribution in [3.63, 3.8) is 0 Å². The summed E-state index contributed by atoms with van der Waals surface area (Å²) in [7, 11) is 0. The number of rotatable bonds is 10. The molecule has 0 aliphatic heterocycles. The van der Waals surface area contributed by atoms with Gasteiger partial charge in [-0.1, -0.05) is 12.1 Å². The molecule has 0 unspecified atom stereocenters. The fourth-order valence-corrected chi connectivity index (χ4v) is 1.21. The van der Waals surface area contributed by atoms with E-state index >= 15 is 0 Å². The standard InChI is InChI=1S/C11H23N3O3/c1-2-8-17-9-6-11(15)13-7-4-3-5-10(12)14-16/h16H,2-9H2,1H3,(H2,12,14)(H,13,15). The lowest BCUT2D eigenvalue weighted by Gasteiger charge is -2.05. The lowest BCUT2D eigenvalue weighted by atomic mass is 10.2. The summed E-state index contributed by atoms with van der Waals surface area (Å²) in [5.74, 6) is 0.231. The predicted octanol–water partition coefficient (Wildman–Crippen LogP) is 0.836. The van der Waals surface area contributed by atoms with Gasteiger partial charge in [0.2, 0.25) is 5.91 Å². The normalized spacial score (nSPS) is 11.5. The van der Waals surface area contributed by atoms with Crippen LogP contribution in [0.4, 0.5) is 0 Å². The highest BCUT2D eigenvalue weighted by Crippen LogP contribution is 1.94. The van der Waals surface area contributed by atoms with Crippen molar-refractivity contribution < 1.29 is 14.7 Å². The molecule has 4 N–H and O–H groups in total. The molecule has 0 aromatic rings. The van der Waals surface area contributed by atoms with Crippen molar-refractivity contribution in [3.05, 3.63) is 0 Å². The van der Waals surface area contributed by atoms with Crippen LogP contribution in [-0.2, 0) is 9.53 Å². The Hall–Kier alpha value is -1.30. The summed E-state index contributed by atoms with van der Waals surface area (Å²) in [5, 5.41) is 14.0. The van der Waals surface area contributed by atoms with E-state index in [1.165, 1.54) is 0 Å². The predicted molar refractivity (Wildman–Crippen MR) is 66.0 cm³/mol. The van der Waals surface area contributed by atoms with Crippen LogP contribution in [0.25, 0.3) is 0 Å². The molecule has 100 valence electrons. The molecule has 0 aliphatic rings. The summed E-state index contributed by atoms with van der Waals surface area (Å²) in [4.78, 5) is 11.3. The Balaban J connectivity index is 3.27. The summed E-state index contributed by atoms with van der Waals surface area (Å²) in [5.41, 5.74) is 5.31. The van der Waals surface area contributed by atoms with Crippen LogP contribution in [0.1, 0.15) is 39.0 Å². The Morgan fingerprint density at radius 3 is 2.76 bits per heavy atom. The third kappa shape index (κ3) is 11.0. The zero-order chi connectivity index (χ0) is 12.9. The number of amidine groups is 1. The van der Waals surface area contributed by atoms with Crippen molar-refractivity contribution in [1.82, 2.24) is 5.32 Å². The van der Waals surface area contributed by atoms with Crippen molar-refractivity contribution in [2.24, 2.45) is 10.9 Å². The molecule has 0 aliphatic carbocycles. The Kier molecular flexibility index (Phi) is 10.3. The van der Waals surface area contributed by atoms with Crippen LogP contribution in [-0.4, -0.2) is 36.7 Å². The molecule has 0 atom stereocenters. The number of unbranched alkanes of at least 4 members (excludes halogenated alkanes) is 1. The van der Waals surface area contributed by atoms with Crippen LogP contribution in [0.3, 0.4) is 0 Å². The van der Waals surface area contributed by atoms with E-state index in [4.69, 9.17) is 15.7 Å². The van der Waals surface area contributed by atoms with Crippen molar-refractivity contribution >= 4 is 11.7 Å². The largest absolute Gasteiger partial charge is 0.409 e. The zero-order valence-corrected chi connectivity index (χ0v) is 10.4. The Labute approximate surface area is 102 Å². The summed E-state index contributed by atoms with van der Waals surface area (Å²) in [6.45, 7) is 3.82. The minimum Gasteiger partial charge on any atom is -0.409 e. The van der Waals surface area contributed by atoms with Gasteiger partial charge in [-0.2, -0.15) is 0 Å². The van der Waals surface area contributed by atoms with Gasteiger partial charge in [0.1, 0.15) is 5.84 Å². The van der Waals surface area contributed by atoms with Gasteiger partial charge in [0.15, 0.2) is 0 Å². The van der Waals surface area contributed by atoms with Gasteiger partial charge in [0.25, 0.3) is 0 Å². The summed E-state index contributed by atoms with van der Waals surface area (Å²) in [6.07, 6.45) is 3.53. The number of hydrogen-bond acceptors (Lipinski definition) is 4. The van der Waals surface area contributed by atoms with Crippen LogP contribution in [0.15, 0.2) is 5.16 Å². The molecule has 6 nitrogen and oxygen atoms in total. The molecule has 0 saturated carbocycles. The molecule has 0 spiro atoms. The first-order chi connectivity index (χ1) is 8.20. The highest BCUT2D eigenvalue weighted by Gasteiger charge is 2.00. The van der Waals surface area contributed by atoms with Crippen LogP contribution in [0, 0.1) is 0 Å². The average molecular weight is 245 g/mol. The number of nitrogens with one attached hydrogen (secondary N) is 1. The SMILES string of the molecule is CCCOCCC(=O)NCCCCC(N)=NO. The van der Waals surface area contributed by atoms with Crippen LogP contribution in [0.5, 0.6) is 0 Å². The first kappa shape index (κ1) is 15.7. The molecule has 0 bridgehead atoms. The molecule has 0 saturated heterocycles. The zero-order valence-electron chi connectivity index (χ0n) is 10.4. The smallest absolute Gasteiger partial charge is 0.222 e. The number of carbonyl (C=O) groups is 1. The number of hydrogen-bond donors (Lipinski definition) is 3. The molecular formula is C11H23N3O3. The minimum atomic E-state index is 0.00454. The van der Waals surface area contributed by atoms with Crippen molar-refractivity contribution in [2.75, 3.05) is 19.8 Å². The summed E-state index contributed by atoms with van der Waals surface area (Å²) >= 11 is 0. The molecule has 0 rings (SSSR count). The monoisotopic (exact) mass is 245 g/mol. The third-order valence-corrected chi connectivity index (χ3v) is 2.13. The van der Waals surface area contributed by atoms with Gasteiger partial charge in [-0.25, -0.2) is 0 Å². The number of nitrogens with two attached hydrogens (primary N) is 1. The van der Waals surface area contributed by atoms with Gasteiger partial charge >= 0.3 is 0 Å². The number of ether oxygens (including phenoxy) is 1. The molecule has 0 aromatic carbocycles. The first-order valence-electron chi connectivity index (χ1n) is 6.01. The van der Waals surface area contributed by atoms with E-state index in [1.807, 2.05) is 6.92 Å². The van der Waals surface area contributed by atoms with Gasteiger partial charge in [-0.3, -0.25) is 4.79 Å².